The van der Waals surface area contributed by atoms with E-state index in [1.165, 1.54) is 6.42 Å². The van der Waals surface area contributed by atoms with Crippen molar-refractivity contribution in [3.8, 4) is 0 Å². The molecule has 0 aromatic carbocycles. The first kappa shape index (κ1) is 22.3. The highest BCUT2D eigenvalue weighted by Crippen LogP contribution is 2.36. The Morgan fingerprint density at radius 2 is 1.94 bits per heavy atom. The van der Waals surface area contributed by atoms with Gasteiger partial charge in [0.2, 0.25) is 0 Å². The van der Waals surface area contributed by atoms with Crippen LogP contribution in [0.2, 0.25) is 0 Å². The Bertz CT molecular complexity index is 1020. The van der Waals surface area contributed by atoms with E-state index in [1.54, 1.807) is 4.68 Å². The van der Waals surface area contributed by atoms with Gasteiger partial charge in [0.05, 0.1) is 18.3 Å². The van der Waals surface area contributed by atoms with E-state index in [9.17, 15) is 9.59 Å². The fourth-order valence-electron chi connectivity index (χ4n) is 4.70. The zero-order chi connectivity index (χ0) is 22.3. The number of nitrogens with one attached hydrogen (secondary N) is 1. The zero-order valence-corrected chi connectivity index (χ0v) is 20.2. The number of anilines is 1. The molecule has 3 heterocycles. The Balaban J connectivity index is 1.56. The van der Waals surface area contributed by atoms with Crippen LogP contribution < -0.4 is 10.9 Å². The first-order valence-corrected chi connectivity index (χ1v) is 12.0. The zero-order valence-electron chi connectivity index (χ0n) is 18.6. The van der Waals surface area contributed by atoms with Crippen molar-refractivity contribution in [3.63, 3.8) is 0 Å². The molecule has 170 valence electrons. The topological polar surface area (TPSA) is 91.3 Å². The molecule has 2 aromatic rings. The summed E-state index contributed by atoms with van der Waals surface area (Å²) in [6.07, 6.45) is 5.96. The molecule has 0 radical (unpaired) electrons. The van der Waals surface area contributed by atoms with Gasteiger partial charge in [-0.15, -0.1) is 0 Å². The molecule has 1 aliphatic heterocycles. The summed E-state index contributed by atoms with van der Waals surface area (Å²) in [5.74, 6) is 0.550. The highest BCUT2D eigenvalue weighted by Gasteiger charge is 2.33. The van der Waals surface area contributed by atoms with Crippen molar-refractivity contribution < 1.29 is 14.1 Å². The number of hydrogen-bond acceptors (Lipinski definition) is 5. The Kier molecular flexibility index (Phi) is 6.44. The van der Waals surface area contributed by atoms with Crippen molar-refractivity contribution >= 4 is 27.5 Å². The quantitative estimate of drug-likeness (QED) is 0.635. The molecule has 4 rings (SSSR count). The van der Waals surface area contributed by atoms with E-state index >= 15 is 0 Å². The smallest absolute Gasteiger partial charge is 0.291 e. The number of carbonyl (C=O) groups excluding carboxylic acids is 1. The lowest BCUT2D eigenvalue weighted by Gasteiger charge is -2.30. The van der Waals surface area contributed by atoms with Crippen LogP contribution in [0.4, 0.5) is 5.69 Å². The molecule has 3 unspecified atom stereocenters. The van der Waals surface area contributed by atoms with Crippen LogP contribution in [0.5, 0.6) is 0 Å². The highest BCUT2D eigenvalue weighted by molar-refractivity contribution is 9.09. The highest BCUT2D eigenvalue weighted by atomic mass is 79.9. The molecule has 1 aliphatic carbocycles. The Morgan fingerprint density at radius 3 is 2.61 bits per heavy atom. The number of rotatable bonds is 4. The van der Waals surface area contributed by atoms with Crippen LogP contribution in [0.3, 0.4) is 0 Å². The number of ether oxygens (including phenoxy) is 1. The number of amides is 1. The molecular formula is C22H31BrN4O4. The van der Waals surface area contributed by atoms with Crippen molar-refractivity contribution in [1.82, 2.24) is 14.5 Å². The van der Waals surface area contributed by atoms with Crippen molar-refractivity contribution in [2.24, 2.45) is 13.0 Å². The van der Waals surface area contributed by atoms with Crippen molar-refractivity contribution in [2.75, 3.05) is 11.9 Å². The third-order valence-corrected chi connectivity index (χ3v) is 8.11. The maximum Gasteiger partial charge on any atom is 0.291 e. The molecule has 2 aromatic heterocycles. The van der Waals surface area contributed by atoms with E-state index < -0.39 is 5.91 Å². The van der Waals surface area contributed by atoms with E-state index in [-0.39, 0.29) is 23.4 Å². The van der Waals surface area contributed by atoms with Gasteiger partial charge in [0, 0.05) is 17.4 Å². The minimum Gasteiger partial charge on any atom is -0.370 e. The Hall–Kier alpha value is -1.87. The van der Waals surface area contributed by atoms with E-state index in [2.05, 4.69) is 33.3 Å². The normalized spacial score (nSPS) is 25.0. The predicted octanol–water partition coefficient (Wildman–Crippen LogP) is 4.41. The molecule has 8 nitrogen and oxygen atoms in total. The molecule has 9 heteroatoms. The average molecular weight is 495 g/mol. The molecule has 0 spiro atoms. The van der Waals surface area contributed by atoms with Crippen LogP contribution in [0.25, 0.3) is 0 Å². The minimum atomic E-state index is -0.436. The molecule has 1 N–H and O–H groups in total. The summed E-state index contributed by atoms with van der Waals surface area (Å²) in [6, 6.07) is 0.180. The lowest BCUT2D eigenvalue weighted by Crippen LogP contribution is -2.29. The van der Waals surface area contributed by atoms with Crippen LogP contribution >= 0.6 is 15.9 Å². The van der Waals surface area contributed by atoms with Gasteiger partial charge in [-0.05, 0) is 39.0 Å². The molecule has 2 aliphatic rings. The number of nitrogens with zero attached hydrogens (tertiary/aromatic N) is 3. The monoisotopic (exact) mass is 494 g/mol. The number of halogens is 1. The summed E-state index contributed by atoms with van der Waals surface area (Å²) in [5, 5.41) is 6.81. The lowest BCUT2D eigenvalue weighted by atomic mass is 9.96. The number of hydrogen-bond donors (Lipinski definition) is 1. The summed E-state index contributed by atoms with van der Waals surface area (Å²) < 4.78 is 15.1. The SMILES string of the molecule is Cc1c(C(=O)Nc2c(C)n(C)n(C3CCCCC3)c2=O)noc1C1CC(Br)C(C)CO1. The summed E-state index contributed by atoms with van der Waals surface area (Å²) >= 11 is 3.69. The summed E-state index contributed by atoms with van der Waals surface area (Å²) in [5.41, 5.74) is 1.73. The van der Waals surface area contributed by atoms with Gasteiger partial charge in [0.1, 0.15) is 11.8 Å². The lowest BCUT2D eigenvalue weighted by molar-refractivity contribution is -0.0222. The maximum atomic E-state index is 13.1. The minimum absolute atomic E-state index is 0.159. The first-order chi connectivity index (χ1) is 14.8. The predicted molar refractivity (Wildman–Crippen MR) is 121 cm³/mol. The van der Waals surface area contributed by atoms with E-state index in [4.69, 9.17) is 9.26 Å². The second-order valence-electron chi connectivity index (χ2n) is 8.95. The molecule has 1 amide bonds. The number of aromatic nitrogens is 3. The van der Waals surface area contributed by atoms with Crippen LogP contribution in [-0.4, -0.2) is 31.9 Å². The number of carbonyl (C=O) groups is 1. The molecule has 2 fully saturated rings. The fraction of sp³-hybridized carbons (Fsp3) is 0.682. The first-order valence-electron chi connectivity index (χ1n) is 11.1. The van der Waals surface area contributed by atoms with Crippen LogP contribution in [0.1, 0.15) is 85.1 Å². The van der Waals surface area contributed by atoms with Crippen LogP contribution in [-0.2, 0) is 11.8 Å². The third-order valence-electron chi connectivity index (χ3n) is 6.84. The molecule has 31 heavy (non-hydrogen) atoms. The summed E-state index contributed by atoms with van der Waals surface area (Å²) in [7, 11) is 1.87. The van der Waals surface area contributed by atoms with Gasteiger partial charge >= 0.3 is 0 Å². The van der Waals surface area contributed by atoms with Gasteiger partial charge in [0.15, 0.2) is 11.5 Å². The van der Waals surface area contributed by atoms with Crippen molar-refractivity contribution in [2.45, 2.75) is 76.3 Å². The van der Waals surface area contributed by atoms with Crippen molar-refractivity contribution in [1.29, 1.82) is 0 Å². The van der Waals surface area contributed by atoms with Gasteiger partial charge in [-0.1, -0.05) is 47.3 Å². The fourth-order valence-corrected chi connectivity index (χ4v) is 5.19. The van der Waals surface area contributed by atoms with Crippen LogP contribution in [0, 0.1) is 19.8 Å². The molecule has 1 saturated heterocycles. The van der Waals surface area contributed by atoms with Crippen molar-refractivity contribution in [3.05, 3.63) is 33.1 Å². The largest absolute Gasteiger partial charge is 0.370 e. The molecule has 0 bridgehead atoms. The summed E-state index contributed by atoms with van der Waals surface area (Å²) in [6.45, 7) is 6.41. The molecule has 3 atom stereocenters. The van der Waals surface area contributed by atoms with Crippen LogP contribution in [0.15, 0.2) is 9.32 Å². The average Bonchev–Trinajstić information content (AvgIpc) is 3.24. The second-order valence-corrected chi connectivity index (χ2v) is 10.1. The van der Waals surface area contributed by atoms with Gasteiger partial charge < -0.3 is 14.6 Å². The Labute approximate surface area is 190 Å². The van der Waals surface area contributed by atoms with E-state index in [1.807, 2.05) is 25.6 Å². The standard InChI is InChI=1S/C22H31BrN4O4/c1-12-11-30-17(10-16(12)23)20-13(2)18(25-31-20)21(28)24-19-14(3)26(4)27(22(19)29)15-8-6-5-7-9-15/h12,15-17H,5-11H2,1-4H3,(H,24,28). The third kappa shape index (κ3) is 4.14. The van der Waals surface area contributed by atoms with Gasteiger partial charge in [-0.3, -0.25) is 14.3 Å². The summed E-state index contributed by atoms with van der Waals surface area (Å²) in [4.78, 5) is 26.5. The van der Waals surface area contributed by atoms with Gasteiger partial charge in [0.25, 0.3) is 11.5 Å². The van der Waals surface area contributed by atoms with Gasteiger partial charge in [-0.25, -0.2) is 4.68 Å². The Morgan fingerprint density at radius 1 is 1.23 bits per heavy atom. The number of alkyl halides is 1. The van der Waals surface area contributed by atoms with E-state index in [0.29, 0.717) is 34.4 Å². The van der Waals surface area contributed by atoms with E-state index in [0.717, 1.165) is 37.8 Å². The molecular weight excluding hydrogens is 464 g/mol. The second kappa shape index (κ2) is 8.94. The maximum absolute atomic E-state index is 13.1. The molecule has 1 saturated carbocycles. The van der Waals surface area contributed by atoms with Gasteiger partial charge in [-0.2, -0.15) is 0 Å².